The summed E-state index contributed by atoms with van der Waals surface area (Å²) in [5.74, 6) is 0.0197. The number of piperidine rings is 1. The van der Waals surface area contributed by atoms with Crippen molar-refractivity contribution >= 4 is 27.5 Å². The predicted octanol–water partition coefficient (Wildman–Crippen LogP) is 3.61. The molecule has 1 aromatic carbocycles. The van der Waals surface area contributed by atoms with Crippen LogP contribution in [0.25, 0.3) is 0 Å². The molecule has 1 amide bonds. The second-order valence-electron chi connectivity index (χ2n) is 8.44. The quantitative estimate of drug-likeness (QED) is 0.666. The maximum Gasteiger partial charge on any atom is 0.251 e. The Labute approximate surface area is 180 Å². The zero-order valence-corrected chi connectivity index (χ0v) is 19.7. The number of benzene rings is 1. The summed E-state index contributed by atoms with van der Waals surface area (Å²) in [5.41, 5.74) is 0.304. The molecule has 1 aliphatic heterocycles. The zero-order chi connectivity index (χ0) is 21.8. The number of nitrogens with one attached hydrogen (secondary N) is 1. The lowest BCUT2D eigenvalue weighted by atomic mass is 10.0. The molecule has 0 spiro atoms. The van der Waals surface area contributed by atoms with Gasteiger partial charge in [0, 0.05) is 43.8 Å². The monoisotopic (exact) mass is 443 g/mol. The summed E-state index contributed by atoms with van der Waals surface area (Å²) in [6.07, 6.45) is 1.85. The Hall–Kier alpha value is -1.15. The molecular formula is C21H34ClN3O3S. The number of hydrogen-bond acceptors (Lipinski definition) is 4. The Balaban J connectivity index is 2.12. The summed E-state index contributed by atoms with van der Waals surface area (Å²) in [6.45, 7) is 12.7. The molecule has 164 valence electrons. The maximum absolute atomic E-state index is 13.1. The topological polar surface area (TPSA) is 69.7 Å². The van der Waals surface area contributed by atoms with Crippen LogP contribution < -0.4 is 5.32 Å². The third kappa shape index (κ3) is 6.17. The molecule has 6 nitrogen and oxygen atoms in total. The second kappa shape index (κ2) is 10.2. The molecular weight excluding hydrogens is 410 g/mol. The van der Waals surface area contributed by atoms with Crippen molar-refractivity contribution in [3.8, 4) is 0 Å². The Bertz CT molecular complexity index is 803. The summed E-state index contributed by atoms with van der Waals surface area (Å²) in [4.78, 5) is 14.9. The van der Waals surface area contributed by atoms with E-state index in [0.717, 1.165) is 19.4 Å². The molecule has 0 unspecified atom stereocenters. The van der Waals surface area contributed by atoms with Crippen LogP contribution in [0.3, 0.4) is 0 Å². The lowest BCUT2D eigenvalue weighted by Gasteiger charge is -2.30. The number of halogens is 1. The molecule has 0 saturated carbocycles. The van der Waals surface area contributed by atoms with Gasteiger partial charge in [-0.2, -0.15) is 4.31 Å². The number of carbonyl (C=O) groups excluding carboxylic acids is 1. The van der Waals surface area contributed by atoms with Crippen molar-refractivity contribution in [2.24, 2.45) is 5.92 Å². The van der Waals surface area contributed by atoms with E-state index in [9.17, 15) is 13.2 Å². The van der Waals surface area contributed by atoms with Crippen molar-refractivity contribution in [1.29, 1.82) is 0 Å². The maximum atomic E-state index is 13.1. The number of sulfonamides is 1. The van der Waals surface area contributed by atoms with E-state index in [2.05, 4.69) is 37.9 Å². The van der Waals surface area contributed by atoms with Gasteiger partial charge >= 0.3 is 0 Å². The number of hydrogen-bond donors (Lipinski definition) is 1. The van der Waals surface area contributed by atoms with E-state index in [1.165, 1.54) is 16.4 Å². The molecule has 2 rings (SSSR count). The summed E-state index contributed by atoms with van der Waals surface area (Å²) in [6, 6.07) is 5.22. The average molecular weight is 444 g/mol. The molecule has 1 aromatic rings. The molecule has 0 radical (unpaired) electrons. The summed E-state index contributed by atoms with van der Waals surface area (Å²) >= 11 is 6.21. The van der Waals surface area contributed by atoms with Gasteiger partial charge in [-0.05, 0) is 64.7 Å². The van der Waals surface area contributed by atoms with E-state index < -0.39 is 10.0 Å². The molecule has 0 aromatic heterocycles. The smallest absolute Gasteiger partial charge is 0.251 e. The van der Waals surface area contributed by atoms with Gasteiger partial charge in [0.2, 0.25) is 10.0 Å². The van der Waals surface area contributed by atoms with Crippen molar-refractivity contribution in [3.63, 3.8) is 0 Å². The van der Waals surface area contributed by atoms with Gasteiger partial charge in [-0.1, -0.05) is 18.5 Å². The molecule has 1 aliphatic rings. The summed E-state index contributed by atoms with van der Waals surface area (Å²) in [5, 5.41) is 3.04. The minimum atomic E-state index is -3.72. The largest absolute Gasteiger partial charge is 0.351 e. The Morgan fingerprint density at radius 1 is 1.28 bits per heavy atom. The van der Waals surface area contributed by atoms with E-state index in [1.807, 2.05) is 6.92 Å². The van der Waals surface area contributed by atoms with Crippen LogP contribution in [0, 0.1) is 5.92 Å². The normalized spacial score (nSPS) is 18.6. The summed E-state index contributed by atoms with van der Waals surface area (Å²) < 4.78 is 27.6. The van der Waals surface area contributed by atoms with Gasteiger partial charge in [-0.3, -0.25) is 9.69 Å². The van der Waals surface area contributed by atoms with Crippen LogP contribution in [0.4, 0.5) is 0 Å². The third-order valence-electron chi connectivity index (χ3n) is 5.41. The third-order valence-corrected chi connectivity index (χ3v) is 7.76. The van der Waals surface area contributed by atoms with Crippen LogP contribution in [-0.4, -0.2) is 61.8 Å². The van der Waals surface area contributed by atoms with E-state index in [1.54, 1.807) is 6.07 Å². The first-order valence-corrected chi connectivity index (χ1v) is 12.2. The van der Waals surface area contributed by atoms with Crippen molar-refractivity contribution < 1.29 is 13.2 Å². The van der Waals surface area contributed by atoms with Crippen molar-refractivity contribution in [3.05, 3.63) is 28.8 Å². The fourth-order valence-corrected chi connectivity index (χ4v) is 5.96. The highest BCUT2D eigenvalue weighted by Crippen LogP contribution is 2.29. The number of rotatable bonds is 8. The van der Waals surface area contributed by atoms with Crippen molar-refractivity contribution in [1.82, 2.24) is 14.5 Å². The molecule has 1 heterocycles. The Morgan fingerprint density at radius 2 is 1.93 bits per heavy atom. The summed E-state index contributed by atoms with van der Waals surface area (Å²) in [7, 11) is -3.72. The lowest BCUT2D eigenvalue weighted by Crippen LogP contribution is -2.42. The van der Waals surface area contributed by atoms with Gasteiger partial charge in [-0.25, -0.2) is 8.42 Å². The standard InChI is InChI=1S/C21H34ClN3O3S/c1-15(2)25(16(3)4)12-10-23-21(26)18-8-9-19(22)20(13-18)29(27,28)24-11-6-7-17(5)14-24/h8-9,13,15-17H,6-7,10-12,14H2,1-5H3,(H,23,26)/t17-/m0/s1. The number of nitrogens with zero attached hydrogens (tertiary/aromatic N) is 2. The van der Waals surface area contributed by atoms with Gasteiger partial charge in [0.25, 0.3) is 5.91 Å². The van der Waals surface area contributed by atoms with Gasteiger partial charge < -0.3 is 5.32 Å². The van der Waals surface area contributed by atoms with Gasteiger partial charge in [-0.15, -0.1) is 0 Å². The van der Waals surface area contributed by atoms with Crippen LogP contribution in [0.5, 0.6) is 0 Å². The molecule has 1 N–H and O–H groups in total. The van der Waals surface area contributed by atoms with E-state index in [-0.39, 0.29) is 15.8 Å². The van der Waals surface area contributed by atoms with E-state index in [4.69, 9.17) is 11.6 Å². The Kier molecular flexibility index (Phi) is 8.52. The van der Waals surface area contributed by atoms with Crippen LogP contribution in [-0.2, 0) is 10.0 Å². The van der Waals surface area contributed by atoms with Gasteiger partial charge in [0.15, 0.2) is 0 Å². The SMILES string of the molecule is CC(C)N(CCNC(=O)c1ccc(Cl)c(S(=O)(=O)N2CCC[C@H](C)C2)c1)C(C)C. The zero-order valence-electron chi connectivity index (χ0n) is 18.1. The average Bonchev–Trinajstić information content (AvgIpc) is 2.64. The van der Waals surface area contributed by atoms with Crippen molar-refractivity contribution in [2.75, 3.05) is 26.2 Å². The highest BCUT2D eigenvalue weighted by atomic mass is 35.5. The first kappa shape index (κ1) is 24.1. The van der Waals surface area contributed by atoms with Gasteiger partial charge in [0.05, 0.1) is 5.02 Å². The number of amides is 1. The minimum Gasteiger partial charge on any atom is -0.351 e. The fourth-order valence-electron chi connectivity index (χ4n) is 3.86. The molecule has 1 atom stereocenters. The van der Waals surface area contributed by atoms with Gasteiger partial charge in [0.1, 0.15) is 4.90 Å². The van der Waals surface area contributed by atoms with Crippen LogP contribution in [0.15, 0.2) is 23.1 Å². The number of carbonyl (C=O) groups is 1. The predicted molar refractivity (Wildman–Crippen MR) is 118 cm³/mol. The molecule has 29 heavy (non-hydrogen) atoms. The second-order valence-corrected chi connectivity index (χ2v) is 10.8. The molecule has 0 aliphatic carbocycles. The molecule has 1 saturated heterocycles. The van der Waals surface area contributed by atoms with E-state index in [0.29, 0.717) is 43.2 Å². The first-order chi connectivity index (χ1) is 13.5. The highest BCUT2D eigenvalue weighted by Gasteiger charge is 2.31. The Morgan fingerprint density at radius 3 is 2.52 bits per heavy atom. The van der Waals surface area contributed by atoms with Crippen LogP contribution in [0.1, 0.15) is 57.8 Å². The minimum absolute atomic E-state index is 0.00639. The first-order valence-electron chi connectivity index (χ1n) is 10.4. The fraction of sp³-hybridized carbons (Fsp3) is 0.667. The molecule has 8 heteroatoms. The van der Waals surface area contributed by atoms with Crippen LogP contribution >= 0.6 is 11.6 Å². The lowest BCUT2D eigenvalue weighted by molar-refractivity contribution is 0.0939. The highest BCUT2D eigenvalue weighted by molar-refractivity contribution is 7.89. The molecule has 1 fully saturated rings. The van der Waals surface area contributed by atoms with E-state index >= 15 is 0 Å². The van der Waals surface area contributed by atoms with Crippen LogP contribution in [0.2, 0.25) is 5.02 Å². The molecule has 0 bridgehead atoms. The van der Waals surface area contributed by atoms with Crippen molar-refractivity contribution in [2.45, 2.75) is 64.4 Å².